The van der Waals surface area contributed by atoms with E-state index < -0.39 is 46.6 Å². The summed E-state index contributed by atoms with van der Waals surface area (Å²) < 4.78 is 44.1. The molecule has 3 unspecified atom stereocenters. The molecular formula is C86H156O26. The number of ether oxygens (including phenoxy) is 7. The number of methoxy groups -OCH3 is 1. The van der Waals surface area contributed by atoms with Crippen LogP contribution in [0, 0.1) is 105 Å². The number of cyclic esters (lactones) is 1. The van der Waals surface area contributed by atoms with Crippen LogP contribution < -0.4 is 5.82 Å². The van der Waals surface area contributed by atoms with E-state index in [2.05, 4.69) is 155 Å². The maximum absolute atomic E-state index is 12.0. The molecule has 26 heteroatoms. The number of carbonyl (C=O) groups is 6. The lowest BCUT2D eigenvalue weighted by atomic mass is 9.78. The van der Waals surface area contributed by atoms with Crippen molar-refractivity contribution in [2.45, 2.75) is 358 Å². The Bertz CT molecular complexity index is 2750. The largest absolute Gasteiger partial charge is 0.519 e. The summed E-state index contributed by atoms with van der Waals surface area (Å²) in [5, 5.41) is 0. The maximum atomic E-state index is 12.0. The monoisotopic (exact) mass is 1610 g/mol. The predicted octanol–water partition coefficient (Wildman–Crippen LogP) is 19.7. The van der Waals surface area contributed by atoms with Gasteiger partial charge in [-0.3, -0.25) is 19.2 Å². The van der Waals surface area contributed by atoms with Gasteiger partial charge in [0.1, 0.15) is 6.10 Å². The first-order valence-corrected chi connectivity index (χ1v) is 39.3. The van der Waals surface area contributed by atoms with Crippen molar-refractivity contribution in [3.63, 3.8) is 0 Å². The topological polar surface area (TPSA) is 381 Å². The molecule has 2 aliphatic carbocycles. The van der Waals surface area contributed by atoms with Gasteiger partial charge in [0.05, 0.1) is 35.9 Å². The Morgan fingerprint density at radius 3 is 1.11 bits per heavy atom. The standard InChI is InChI=1S/C16H28O5.C12H18O5.C11H18O4.C9H20.C8H16.2C7H16.C6H14.C5H10O2.5CO2/c1-11(2)16(4,5)14(17)19-12(3)20-15(18)21-13-9-7-6-8-10-13;1-7(2)12(4,5)10(13)15-6-9-8(3)16-11(14)17-9;1-7(2)11(3,4)10(13)15-8-5-6-14-9(8)12;1-6-7-9(4,5)8(2)3;1-4-8(5-6-8)7(2)3;1-6(2)7(3,4)5;1-5-7(4)6(2)3;1-5(2)6(3)4;1-4(2)5(6)7-3;5*2-1-3/h11-13H,6-10H2,1-5H3;7H,6H2,1-5H3;7-8H,5-6H2,1-4H3;8H,6-7H2,1-5H3;7H,4-6H2,1-3H3;6H,1-5H3;6-7H,5H2,1-4H3;5-6H,1-4H3;4H,1-3H3;;;;;. The average molecular weight is 1610 g/mol. The summed E-state index contributed by atoms with van der Waals surface area (Å²) in [5.74, 6) is 4.67. The lowest BCUT2D eigenvalue weighted by molar-refractivity contribution is -0.193. The molecule has 1 aromatic rings. The second-order valence-corrected chi connectivity index (χ2v) is 34.2. The molecule has 0 bridgehead atoms. The van der Waals surface area contributed by atoms with E-state index in [1.54, 1.807) is 20.8 Å². The fraction of sp³-hybridized carbons (Fsp3) is 0.837. The normalized spacial score (nSPS) is 14.1. The first kappa shape index (κ1) is 125. The highest BCUT2D eigenvalue weighted by Crippen LogP contribution is 2.54. The zero-order chi connectivity index (χ0) is 91.1. The maximum Gasteiger partial charge on any atom is 0.519 e. The van der Waals surface area contributed by atoms with E-state index in [0.717, 1.165) is 72.5 Å². The Morgan fingerprint density at radius 1 is 0.500 bits per heavy atom. The highest BCUT2D eigenvalue weighted by atomic mass is 16.8. The molecule has 4 rings (SSSR count). The number of carbonyl (C=O) groups excluding carboxylic acids is 16. The Morgan fingerprint density at radius 2 is 0.884 bits per heavy atom. The minimum atomic E-state index is -0.938. The quantitative estimate of drug-likeness (QED) is 0.0626. The van der Waals surface area contributed by atoms with E-state index in [1.165, 1.54) is 59.0 Å². The summed E-state index contributed by atoms with van der Waals surface area (Å²) in [6.45, 7) is 77.5. The van der Waals surface area contributed by atoms with Crippen LogP contribution in [0.25, 0.3) is 0 Å². The van der Waals surface area contributed by atoms with E-state index in [-0.39, 0.29) is 96.8 Å². The summed E-state index contributed by atoms with van der Waals surface area (Å²) in [4.78, 5) is 161. The van der Waals surface area contributed by atoms with Gasteiger partial charge in [0.2, 0.25) is 12.4 Å². The van der Waals surface area contributed by atoms with Crippen LogP contribution in [0.4, 0.5) is 4.79 Å². The Kier molecular flexibility index (Phi) is 77.3. The molecule has 3 aliphatic rings. The van der Waals surface area contributed by atoms with Gasteiger partial charge in [0.15, 0.2) is 18.1 Å². The number of hydrogen-bond donors (Lipinski definition) is 0. The molecule has 3 fully saturated rings. The zero-order valence-corrected chi connectivity index (χ0v) is 76.6. The number of rotatable bonds is 21. The molecule has 0 N–H and O–H groups in total. The van der Waals surface area contributed by atoms with Crippen molar-refractivity contribution < 1.29 is 119 Å². The second kappa shape index (κ2) is 69.1. The van der Waals surface area contributed by atoms with Crippen LogP contribution in [0.1, 0.15) is 338 Å². The molecule has 0 amide bonds. The molecule has 3 atom stereocenters. The van der Waals surface area contributed by atoms with Gasteiger partial charge in [-0.1, -0.05) is 226 Å². The van der Waals surface area contributed by atoms with Crippen molar-refractivity contribution in [3.8, 4) is 0 Å². The predicted molar refractivity (Wildman–Crippen MR) is 424 cm³/mol. The van der Waals surface area contributed by atoms with E-state index in [0.29, 0.717) is 29.6 Å². The minimum Gasteiger partial charge on any atom is -0.469 e. The molecule has 1 aromatic heterocycles. The third kappa shape index (κ3) is 67.1. The van der Waals surface area contributed by atoms with E-state index in [1.807, 2.05) is 83.1 Å². The molecule has 2 saturated carbocycles. The summed E-state index contributed by atoms with van der Waals surface area (Å²) in [6, 6.07) is 0. The van der Waals surface area contributed by atoms with Crippen molar-refractivity contribution in [1.82, 2.24) is 0 Å². The highest BCUT2D eigenvalue weighted by Gasteiger charge is 2.43. The summed E-state index contributed by atoms with van der Waals surface area (Å²) >= 11 is 0. The van der Waals surface area contributed by atoms with E-state index in [9.17, 15) is 33.6 Å². The van der Waals surface area contributed by atoms with Crippen LogP contribution >= 0.6 is 0 Å². The van der Waals surface area contributed by atoms with Crippen molar-refractivity contribution in [2.24, 2.45) is 97.6 Å². The van der Waals surface area contributed by atoms with Gasteiger partial charge in [0, 0.05) is 13.3 Å². The first-order valence-electron chi connectivity index (χ1n) is 39.3. The van der Waals surface area contributed by atoms with Gasteiger partial charge >= 0.3 is 72.6 Å². The summed E-state index contributed by atoms with van der Waals surface area (Å²) in [5.41, 5.74) is 0.0838. The second-order valence-electron chi connectivity index (χ2n) is 34.2. The van der Waals surface area contributed by atoms with Crippen molar-refractivity contribution in [1.29, 1.82) is 0 Å². The van der Waals surface area contributed by atoms with E-state index in [4.69, 9.17) is 80.8 Å². The van der Waals surface area contributed by atoms with Gasteiger partial charge in [-0.25, -0.2) is 14.4 Å². The van der Waals surface area contributed by atoms with Gasteiger partial charge in [-0.05, 0) is 169 Å². The van der Waals surface area contributed by atoms with Crippen LogP contribution in [0.15, 0.2) is 13.6 Å². The Hall–Kier alpha value is -7.47. The van der Waals surface area contributed by atoms with Gasteiger partial charge in [0.25, 0.3) is 0 Å². The van der Waals surface area contributed by atoms with Crippen molar-refractivity contribution in [3.05, 3.63) is 22.1 Å². The number of esters is 5. The molecule has 2 heterocycles. The molecule has 112 heavy (non-hydrogen) atoms. The summed E-state index contributed by atoms with van der Waals surface area (Å²) in [6.07, 6.45) is 12.7. The lowest BCUT2D eigenvalue weighted by Gasteiger charge is -2.28. The third-order valence-corrected chi connectivity index (χ3v) is 21.4. The zero-order valence-electron chi connectivity index (χ0n) is 76.6. The fourth-order valence-electron chi connectivity index (χ4n) is 7.34. The molecular weight excluding hydrogens is 1450 g/mol. The molecule has 0 spiro atoms. The molecule has 1 saturated heterocycles. The number of hydrogen-bond acceptors (Lipinski definition) is 26. The highest BCUT2D eigenvalue weighted by molar-refractivity contribution is 5.83. The minimum absolute atomic E-state index is 0.00463. The van der Waals surface area contributed by atoms with Crippen LogP contribution in [-0.4, -0.2) is 99.0 Å². The fourth-order valence-corrected chi connectivity index (χ4v) is 7.34. The molecule has 0 radical (unpaired) electrons. The first-order chi connectivity index (χ1) is 51.1. The van der Waals surface area contributed by atoms with Gasteiger partial charge in [-0.2, -0.15) is 47.9 Å². The molecule has 656 valence electrons. The number of aryl methyl sites for hydroxylation is 1. The molecule has 1 aliphatic heterocycles. The summed E-state index contributed by atoms with van der Waals surface area (Å²) in [7, 11) is 1.39. The SMILES string of the molecule is CC(C)C(C)(C)C.CC(C)C(C)(C)C(=O)OC1CCOC1=O.CC(C)C(C)C.CC(OC(=O)OC1CCCCC1)OC(=O)C(C)(C)C(C)C.CCC(C)C(C)C.CCC1(C(C)C)CC1.CCCC(C)(C)C(C)C.COC(=O)C(C)C.Cc1oc(=O)oc1COC(=O)C(C)(C)C(C)C.O=C=O.O=C=O.O=C=O.O=C=O.O=C=O. The van der Waals surface area contributed by atoms with Crippen LogP contribution in [0.5, 0.6) is 0 Å². The van der Waals surface area contributed by atoms with Gasteiger partial charge < -0.3 is 42.0 Å². The average Bonchev–Trinajstić information content (AvgIpc) is 1.67. The Balaban J connectivity index is -0.000000131. The molecule has 0 aromatic carbocycles. The smallest absolute Gasteiger partial charge is 0.469 e. The van der Waals surface area contributed by atoms with Crippen LogP contribution in [-0.2, 0) is 112 Å². The third-order valence-electron chi connectivity index (χ3n) is 21.4. The van der Waals surface area contributed by atoms with Crippen LogP contribution in [0.2, 0.25) is 0 Å². The van der Waals surface area contributed by atoms with Crippen molar-refractivity contribution >= 4 is 66.8 Å². The van der Waals surface area contributed by atoms with Crippen LogP contribution in [0.3, 0.4) is 0 Å². The van der Waals surface area contributed by atoms with E-state index >= 15 is 0 Å². The lowest BCUT2D eigenvalue weighted by Crippen LogP contribution is -2.35. The van der Waals surface area contributed by atoms with Crippen molar-refractivity contribution in [2.75, 3.05) is 13.7 Å². The Labute approximate surface area is 674 Å². The van der Waals surface area contributed by atoms with Gasteiger partial charge in [-0.15, -0.1) is 0 Å². The molecule has 26 nitrogen and oxygen atoms in total.